The minimum Gasteiger partial charge on any atom is -0.478 e. The van der Waals surface area contributed by atoms with Gasteiger partial charge in [-0.25, -0.2) is 4.79 Å². The molecule has 0 spiro atoms. The lowest BCUT2D eigenvalue weighted by Gasteiger charge is -1.96. The molecule has 7 N–H and O–H groups in total. The van der Waals surface area contributed by atoms with E-state index in [9.17, 15) is 4.79 Å². The molecule has 0 aliphatic rings. The zero-order valence-electron chi connectivity index (χ0n) is 11.9. The van der Waals surface area contributed by atoms with Crippen LogP contribution in [0.25, 0.3) is 0 Å². The number of nitrogens with one attached hydrogen (secondary N) is 2. The van der Waals surface area contributed by atoms with Crippen molar-refractivity contribution in [2.24, 2.45) is 10.8 Å². The summed E-state index contributed by atoms with van der Waals surface area (Å²) in [5.41, 5.74) is 8.53. The van der Waals surface area contributed by atoms with E-state index in [0.717, 1.165) is 5.56 Å². The quantitative estimate of drug-likeness (QED) is 0.164. The number of nitrogens with two attached hydrogens (primary N) is 1. The number of nitrogens with zero attached hydrogens (tertiary/aromatic N) is 1. The predicted molar refractivity (Wildman–Crippen MR) is 88.0 cm³/mol. The van der Waals surface area contributed by atoms with E-state index in [-0.39, 0.29) is 23.9 Å². The van der Waals surface area contributed by atoms with Gasteiger partial charge in [-0.15, -0.1) is 0 Å². The van der Waals surface area contributed by atoms with Gasteiger partial charge in [0.05, 0.1) is 25.0 Å². The van der Waals surface area contributed by atoms with E-state index >= 15 is 0 Å². The van der Waals surface area contributed by atoms with E-state index in [1.54, 1.807) is 12.1 Å². The summed E-state index contributed by atoms with van der Waals surface area (Å²) < 4.78 is 0. The van der Waals surface area contributed by atoms with E-state index in [4.69, 9.17) is 21.1 Å². The molecule has 0 aromatic heterocycles. The van der Waals surface area contributed by atoms with Gasteiger partial charge in [0.2, 0.25) is 0 Å². The highest BCUT2D eigenvalue weighted by molar-refractivity contribution is 7.80. The third kappa shape index (κ3) is 10.7. The summed E-state index contributed by atoms with van der Waals surface area (Å²) in [6, 6.07) is 6.25. The van der Waals surface area contributed by atoms with E-state index in [1.165, 1.54) is 18.3 Å². The number of rotatable bonds is 7. The smallest absolute Gasteiger partial charge is 0.335 e. The normalized spacial score (nSPS) is 9.91. The summed E-state index contributed by atoms with van der Waals surface area (Å²) in [5.74, 6) is -0.959. The summed E-state index contributed by atoms with van der Waals surface area (Å²) >= 11 is 4.54. The molecule has 9 heteroatoms. The molecule has 1 aromatic carbocycles. The van der Waals surface area contributed by atoms with E-state index in [1.807, 2.05) is 0 Å². The van der Waals surface area contributed by atoms with Crippen LogP contribution in [-0.4, -0.2) is 58.9 Å². The molecule has 0 saturated heterocycles. The second kappa shape index (κ2) is 12.7. The molecule has 0 unspecified atom stereocenters. The standard InChI is InChI=1S/C9H9N3O2S.C4H11NO2/c10-9(15)12-11-5-6-1-3-7(4-2-6)8(13)14;6-3-1-5-2-4-7/h1-5H,(H,13,14)(H3,10,12,15);5-7H,1-4H2/b11-5+;. The molecule has 0 atom stereocenters. The fraction of sp³-hybridized carbons (Fsp3) is 0.308. The van der Waals surface area contributed by atoms with Crippen LogP contribution in [0.5, 0.6) is 0 Å². The third-order valence-electron chi connectivity index (χ3n) is 2.12. The van der Waals surface area contributed by atoms with Crippen LogP contribution in [0.2, 0.25) is 0 Å². The Balaban J connectivity index is 0.000000534. The van der Waals surface area contributed by atoms with Crippen LogP contribution in [-0.2, 0) is 0 Å². The number of benzene rings is 1. The van der Waals surface area contributed by atoms with Crippen molar-refractivity contribution in [3.05, 3.63) is 35.4 Å². The number of hydrogen-bond donors (Lipinski definition) is 6. The number of hydrogen-bond acceptors (Lipinski definition) is 6. The Morgan fingerprint density at radius 2 is 1.77 bits per heavy atom. The number of carbonyl (C=O) groups is 1. The van der Waals surface area contributed by atoms with Crippen molar-refractivity contribution in [3.63, 3.8) is 0 Å². The maximum Gasteiger partial charge on any atom is 0.335 e. The molecule has 0 bridgehead atoms. The fourth-order valence-electron chi connectivity index (χ4n) is 1.17. The molecular weight excluding hydrogens is 308 g/mol. The maximum absolute atomic E-state index is 10.5. The second-order valence-electron chi connectivity index (χ2n) is 3.86. The number of carboxylic acid groups (broad SMARTS) is 1. The number of aliphatic hydroxyl groups is 2. The van der Waals surface area contributed by atoms with Gasteiger partial charge in [-0.05, 0) is 29.9 Å². The van der Waals surface area contributed by atoms with Gasteiger partial charge in [-0.2, -0.15) is 5.10 Å². The zero-order valence-corrected chi connectivity index (χ0v) is 12.7. The lowest BCUT2D eigenvalue weighted by Crippen LogP contribution is -2.23. The average molecular weight is 328 g/mol. The Bertz CT molecular complexity index is 475. The molecule has 0 aliphatic heterocycles. The van der Waals surface area contributed by atoms with Gasteiger partial charge in [0.15, 0.2) is 5.11 Å². The van der Waals surface area contributed by atoms with Crippen molar-refractivity contribution >= 4 is 29.5 Å². The molecular formula is C13H20N4O4S. The Labute approximate surface area is 133 Å². The second-order valence-corrected chi connectivity index (χ2v) is 4.30. The van der Waals surface area contributed by atoms with Crippen molar-refractivity contribution in [2.45, 2.75) is 0 Å². The number of aromatic carboxylic acids is 1. The molecule has 0 amide bonds. The van der Waals surface area contributed by atoms with Crippen LogP contribution in [0, 0.1) is 0 Å². The first-order valence-electron chi connectivity index (χ1n) is 6.35. The average Bonchev–Trinajstić information content (AvgIpc) is 2.48. The van der Waals surface area contributed by atoms with Crippen LogP contribution in [0.4, 0.5) is 0 Å². The molecule has 1 rings (SSSR count). The predicted octanol–water partition coefficient (Wildman–Crippen LogP) is -0.887. The SMILES string of the molecule is NC(=S)N/N=C/c1ccc(C(=O)O)cc1.OCCNCCO. The Hall–Kier alpha value is -2.07. The summed E-state index contributed by atoms with van der Waals surface area (Å²) in [7, 11) is 0. The van der Waals surface area contributed by atoms with Crippen molar-refractivity contribution in [1.29, 1.82) is 0 Å². The first-order chi connectivity index (χ1) is 10.5. The van der Waals surface area contributed by atoms with Crippen LogP contribution >= 0.6 is 12.2 Å². The maximum atomic E-state index is 10.5. The summed E-state index contributed by atoms with van der Waals surface area (Å²) in [6.45, 7) is 1.42. The molecule has 0 fully saturated rings. The number of carboxylic acids is 1. The van der Waals surface area contributed by atoms with E-state index < -0.39 is 5.97 Å². The van der Waals surface area contributed by atoms with Crippen LogP contribution < -0.4 is 16.5 Å². The first kappa shape index (κ1) is 19.9. The molecule has 122 valence electrons. The fourth-order valence-corrected chi connectivity index (χ4v) is 1.22. The Kier molecular flexibility index (Phi) is 11.5. The van der Waals surface area contributed by atoms with E-state index in [2.05, 4.69) is 28.1 Å². The van der Waals surface area contributed by atoms with Crippen LogP contribution in [0.3, 0.4) is 0 Å². The molecule has 22 heavy (non-hydrogen) atoms. The van der Waals surface area contributed by atoms with Crippen LogP contribution in [0.1, 0.15) is 15.9 Å². The number of thiocarbonyl (C=S) groups is 1. The molecule has 8 nitrogen and oxygen atoms in total. The largest absolute Gasteiger partial charge is 0.478 e. The van der Waals surface area contributed by atoms with Gasteiger partial charge < -0.3 is 26.4 Å². The lowest BCUT2D eigenvalue weighted by atomic mass is 10.1. The zero-order chi connectivity index (χ0) is 16.8. The first-order valence-corrected chi connectivity index (χ1v) is 6.76. The van der Waals surface area contributed by atoms with Crippen LogP contribution in [0.15, 0.2) is 29.4 Å². The minimum absolute atomic E-state index is 0.0772. The van der Waals surface area contributed by atoms with E-state index in [0.29, 0.717) is 13.1 Å². The highest BCUT2D eigenvalue weighted by Gasteiger charge is 1.99. The van der Waals surface area contributed by atoms with Crippen molar-refractivity contribution < 1.29 is 20.1 Å². The topological polar surface area (TPSA) is 140 Å². The highest BCUT2D eigenvalue weighted by atomic mass is 32.1. The molecule has 0 aliphatic carbocycles. The molecule has 0 radical (unpaired) electrons. The van der Waals surface area contributed by atoms with Crippen molar-refractivity contribution in [2.75, 3.05) is 26.3 Å². The molecule has 1 aromatic rings. The molecule has 0 heterocycles. The summed E-state index contributed by atoms with van der Waals surface area (Å²) in [6.07, 6.45) is 1.49. The third-order valence-corrected chi connectivity index (χ3v) is 2.21. The summed E-state index contributed by atoms with van der Waals surface area (Å²) in [5, 5.41) is 31.5. The monoisotopic (exact) mass is 328 g/mol. The molecule has 0 saturated carbocycles. The Morgan fingerprint density at radius 1 is 1.23 bits per heavy atom. The number of aliphatic hydroxyl groups excluding tert-OH is 2. The van der Waals surface area contributed by atoms with Crippen molar-refractivity contribution in [3.8, 4) is 0 Å². The Morgan fingerprint density at radius 3 is 2.18 bits per heavy atom. The van der Waals surface area contributed by atoms with Gasteiger partial charge in [0.25, 0.3) is 0 Å². The summed E-state index contributed by atoms with van der Waals surface area (Å²) in [4.78, 5) is 10.5. The number of hydrazone groups is 1. The lowest BCUT2D eigenvalue weighted by molar-refractivity contribution is 0.0697. The van der Waals surface area contributed by atoms with Gasteiger partial charge >= 0.3 is 5.97 Å². The van der Waals surface area contributed by atoms with Gasteiger partial charge in [-0.1, -0.05) is 12.1 Å². The van der Waals surface area contributed by atoms with Gasteiger partial charge in [-0.3, -0.25) is 5.43 Å². The van der Waals surface area contributed by atoms with Crippen molar-refractivity contribution in [1.82, 2.24) is 10.7 Å². The van der Waals surface area contributed by atoms with Gasteiger partial charge in [0.1, 0.15) is 0 Å². The minimum atomic E-state index is -0.959. The van der Waals surface area contributed by atoms with Gasteiger partial charge in [0, 0.05) is 13.1 Å². The highest BCUT2D eigenvalue weighted by Crippen LogP contribution is 2.01.